The molecule has 140 valence electrons. The quantitative estimate of drug-likeness (QED) is 0.843. The minimum Gasteiger partial charge on any atom is -0.353 e. The Bertz CT molecular complexity index is 873. The summed E-state index contributed by atoms with van der Waals surface area (Å²) in [6.45, 7) is 0.542. The van der Waals surface area contributed by atoms with Gasteiger partial charge in [-0.05, 0) is 36.4 Å². The summed E-state index contributed by atoms with van der Waals surface area (Å²) in [6.07, 6.45) is -0.218. The Morgan fingerprint density at radius 1 is 1.19 bits per heavy atom. The van der Waals surface area contributed by atoms with E-state index in [1.807, 2.05) is 0 Å². The van der Waals surface area contributed by atoms with Crippen molar-refractivity contribution in [3.05, 3.63) is 64.9 Å². The highest BCUT2D eigenvalue weighted by molar-refractivity contribution is 6.33. The first-order chi connectivity index (χ1) is 13.0. The van der Waals surface area contributed by atoms with Crippen molar-refractivity contribution in [3.8, 4) is 0 Å². The van der Waals surface area contributed by atoms with Crippen LogP contribution in [0.15, 0.2) is 48.5 Å². The molecule has 1 heterocycles. The zero-order valence-corrected chi connectivity index (χ0v) is 15.0. The van der Waals surface area contributed by atoms with Crippen LogP contribution < -0.4 is 10.6 Å². The van der Waals surface area contributed by atoms with Crippen LogP contribution in [0.2, 0.25) is 5.02 Å². The lowest BCUT2D eigenvalue weighted by Gasteiger charge is -2.34. The maximum atomic E-state index is 13.1. The molecule has 3 amide bonds. The van der Waals surface area contributed by atoms with Gasteiger partial charge in [0.25, 0.3) is 5.91 Å². The molecule has 1 aliphatic rings. The van der Waals surface area contributed by atoms with Crippen molar-refractivity contribution in [2.45, 2.75) is 12.5 Å². The van der Waals surface area contributed by atoms with E-state index in [2.05, 4.69) is 10.6 Å². The Balaban J connectivity index is 1.75. The summed E-state index contributed by atoms with van der Waals surface area (Å²) in [4.78, 5) is 38.7. The molecule has 3 rings (SSSR count). The van der Waals surface area contributed by atoms with Gasteiger partial charge in [-0.2, -0.15) is 0 Å². The van der Waals surface area contributed by atoms with E-state index in [4.69, 9.17) is 11.6 Å². The van der Waals surface area contributed by atoms with E-state index in [0.717, 1.165) is 0 Å². The lowest BCUT2D eigenvalue weighted by atomic mass is 10.1. The average molecular weight is 390 g/mol. The maximum Gasteiger partial charge on any atom is 0.254 e. The van der Waals surface area contributed by atoms with Crippen LogP contribution in [-0.4, -0.2) is 41.8 Å². The number of piperazine rings is 1. The topological polar surface area (TPSA) is 78.5 Å². The van der Waals surface area contributed by atoms with E-state index in [9.17, 15) is 18.8 Å². The van der Waals surface area contributed by atoms with Crippen LogP contribution in [-0.2, 0) is 9.59 Å². The molecule has 0 saturated carbocycles. The van der Waals surface area contributed by atoms with Crippen molar-refractivity contribution in [2.75, 3.05) is 18.4 Å². The van der Waals surface area contributed by atoms with Gasteiger partial charge < -0.3 is 15.5 Å². The predicted molar refractivity (Wildman–Crippen MR) is 98.9 cm³/mol. The summed E-state index contributed by atoms with van der Waals surface area (Å²) in [5, 5.41) is 5.68. The molecule has 8 heteroatoms. The lowest BCUT2D eigenvalue weighted by Crippen LogP contribution is -2.58. The molecule has 2 aromatic rings. The average Bonchev–Trinajstić information content (AvgIpc) is 2.65. The lowest BCUT2D eigenvalue weighted by molar-refractivity contribution is -0.131. The Hall–Kier alpha value is -2.93. The smallest absolute Gasteiger partial charge is 0.254 e. The van der Waals surface area contributed by atoms with Gasteiger partial charge in [0.05, 0.1) is 17.1 Å². The first-order valence-corrected chi connectivity index (χ1v) is 8.72. The first kappa shape index (κ1) is 18.8. The molecule has 0 bridgehead atoms. The number of hydrogen-bond donors (Lipinski definition) is 2. The highest BCUT2D eigenvalue weighted by Gasteiger charge is 2.35. The second-order valence-electron chi connectivity index (χ2n) is 6.04. The predicted octanol–water partition coefficient (Wildman–Crippen LogP) is 2.45. The number of halogens is 2. The fourth-order valence-electron chi connectivity index (χ4n) is 2.86. The van der Waals surface area contributed by atoms with E-state index in [1.165, 1.54) is 29.2 Å². The molecule has 0 spiro atoms. The SMILES string of the molecule is O=C(C[C@@H]1C(=O)NCCN1C(=O)c1ccc(F)cc1)Nc1ccccc1Cl. The third-order valence-corrected chi connectivity index (χ3v) is 4.54. The Labute approximate surface area is 160 Å². The Morgan fingerprint density at radius 2 is 1.89 bits per heavy atom. The number of anilines is 1. The molecule has 2 aromatic carbocycles. The zero-order valence-electron chi connectivity index (χ0n) is 14.2. The number of para-hydroxylation sites is 1. The minimum atomic E-state index is -0.959. The molecule has 1 saturated heterocycles. The van der Waals surface area contributed by atoms with Gasteiger partial charge >= 0.3 is 0 Å². The number of carbonyl (C=O) groups is 3. The fourth-order valence-corrected chi connectivity index (χ4v) is 3.04. The van der Waals surface area contributed by atoms with Gasteiger partial charge in [0, 0.05) is 18.7 Å². The van der Waals surface area contributed by atoms with Crippen molar-refractivity contribution < 1.29 is 18.8 Å². The van der Waals surface area contributed by atoms with Crippen molar-refractivity contribution in [1.29, 1.82) is 0 Å². The van der Waals surface area contributed by atoms with E-state index in [-0.39, 0.29) is 25.1 Å². The van der Waals surface area contributed by atoms with Crippen LogP contribution in [0, 0.1) is 5.82 Å². The van der Waals surface area contributed by atoms with Gasteiger partial charge in [0.2, 0.25) is 11.8 Å². The monoisotopic (exact) mass is 389 g/mol. The first-order valence-electron chi connectivity index (χ1n) is 8.34. The summed E-state index contributed by atoms with van der Waals surface area (Å²) >= 11 is 6.02. The number of benzene rings is 2. The van der Waals surface area contributed by atoms with E-state index < -0.39 is 29.6 Å². The van der Waals surface area contributed by atoms with Crippen molar-refractivity contribution in [3.63, 3.8) is 0 Å². The number of amides is 3. The third-order valence-electron chi connectivity index (χ3n) is 4.21. The molecular weight excluding hydrogens is 373 g/mol. The van der Waals surface area contributed by atoms with Crippen LogP contribution in [0.25, 0.3) is 0 Å². The fraction of sp³-hybridized carbons (Fsp3) is 0.211. The number of hydrogen-bond acceptors (Lipinski definition) is 3. The Morgan fingerprint density at radius 3 is 2.59 bits per heavy atom. The summed E-state index contributed by atoms with van der Waals surface area (Å²) in [6, 6.07) is 10.8. The number of carbonyl (C=O) groups excluding carboxylic acids is 3. The van der Waals surface area contributed by atoms with Gasteiger partial charge in [-0.25, -0.2) is 4.39 Å². The molecule has 1 fully saturated rings. The molecule has 27 heavy (non-hydrogen) atoms. The normalized spacial score (nSPS) is 16.6. The van der Waals surface area contributed by atoms with Crippen LogP contribution in [0.3, 0.4) is 0 Å². The number of nitrogens with one attached hydrogen (secondary N) is 2. The highest BCUT2D eigenvalue weighted by Crippen LogP contribution is 2.21. The van der Waals surface area contributed by atoms with E-state index in [0.29, 0.717) is 10.7 Å². The second kappa shape index (κ2) is 8.18. The summed E-state index contributed by atoms with van der Waals surface area (Å²) < 4.78 is 13.1. The van der Waals surface area contributed by atoms with Crippen LogP contribution in [0.1, 0.15) is 16.8 Å². The van der Waals surface area contributed by atoms with Crippen LogP contribution >= 0.6 is 11.6 Å². The molecule has 6 nitrogen and oxygen atoms in total. The molecular formula is C19H17ClFN3O3. The minimum absolute atomic E-state index is 0.218. The summed E-state index contributed by atoms with van der Waals surface area (Å²) in [7, 11) is 0. The van der Waals surface area contributed by atoms with Gasteiger partial charge in [-0.3, -0.25) is 14.4 Å². The van der Waals surface area contributed by atoms with Crippen molar-refractivity contribution >= 4 is 35.0 Å². The zero-order chi connectivity index (χ0) is 19.4. The molecule has 0 radical (unpaired) electrons. The third kappa shape index (κ3) is 4.43. The molecule has 1 aliphatic heterocycles. The largest absolute Gasteiger partial charge is 0.353 e. The molecule has 0 unspecified atom stereocenters. The van der Waals surface area contributed by atoms with E-state index in [1.54, 1.807) is 24.3 Å². The number of rotatable bonds is 4. The van der Waals surface area contributed by atoms with Crippen LogP contribution in [0.5, 0.6) is 0 Å². The standard InChI is InChI=1S/C19H17ClFN3O3/c20-14-3-1-2-4-15(14)23-17(25)11-16-18(26)22-9-10-24(16)19(27)12-5-7-13(21)8-6-12/h1-8,16H,9-11H2,(H,22,26)(H,23,25)/t16-/m1/s1. The summed E-state index contributed by atoms with van der Waals surface area (Å²) in [5.74, 6) is -1.74. The summed E-state index contributed by atoms with van der Waals surface area (Å²) in [5.41, 5.74) is 0.680. The van der Waals surface area contributed by atoms with Gasteiger partial charge in [-0.1, -0.05) is 23.7 Å². The molecule has 2 N–H and O–H groups in total. The van der Waals surface area contributed by atoms with Gasteiger partial charge in [-0.15, -0.1) is 0 Å². The maximum absolute atomic E-state index is 13.1. The van der Waals surface area contributed by atoms with Crippen molar-refractivity contribution in [1.82, 2.24) is 10.2 Å². The van der Waals surface area contributed by atoms with Gasteiger partial charge in [0.15, 0.2) is 0 Å². The second-order valence-corrected chi connectivity index (χ2v) is 6.45. The molecule has 0 aliphatic carbocycles. The van der Waals surface area contributed by atoms with Crippen molar-refractivity contribution in [2.24, 2.45) is 0 Å². The van der Waals surface area contributed by atoms with E-state index >= 15 is 0 Å². The highest BCUT2D eigenvalue weighted by atomic mass is 35.5. The van der Waals surface area contributed by atoms with Crippen LogP contribution in [0.4, 0.5) is 10.1 Å². The number of nitrogens with zero attached hydrogens (tertiary/aromatic N) is 1. The van der Waals surface area contributed by atoms with Gasteiger partial charge in [0.1, 0.15) is 11.9 Å². The molecule has 0 aromatic heterocycles. The Kier molecular flexibility index (Phi) is 5.71. The molecule has 1 atom stereocenters.